The van der Waals surface area contributed by atoms with Gasteiger partial charge in [-0.2, -0.15) is 0 Å². The zero-order valence-electron chi connectivity index (χ0n) is 13.6. The Labute approximate surface area is 145 Å². The number of nitrogens with zero attached hydrogens (tertiary/aromatic N) is 1. The van der Waals surface area contributed by atoms with Crippen molar-refractivity contribution in [2.45, 2.75) is 36.1 Å². The highest BCUT2D eigenvalue weighted by molar-refractivity contribution is 8.00. The Morgan fingerprint density at radius 1 is 1.30 bits per heavy atom. The molecule has 1 atom stereocenters. The fourth-order valence-corrected chi connectivity index (χ4v) is 4.18. The third kappa shape index (κ3) is 4.97. The second-order valence-corrected chi connectivity index (χ2v) is 7.20. The van der Waals surface area contributed by atoms with Crippen LogP contribution in [0.15, 0.2) is 34.7 Å². The first-order valence-electron chi connectivity index (χ1n) is 7.56. The lowest BCUT2D eigenvalue weighted by atomic mass is 10.1. The molecule has 0 aliphatic carbocycles. The highest BCUT2D eigenvalue weighted by Gasteiger charge is 2.23. The minimum absolute atomic E-state index is 0.184. The first-order chi connectivity index (χ1) is 11.2. The Kier molecular flexibility index (Phi) is 6.92. The molecule has 0 radical (unpaired) electrons. The summed E-state index contributed by atoms with van der Waals surface area (Å²) in [7, 11) is 1.66. The van der Waals surface area contributed by atoms with Gasteiger partial charge in [0.1, 0.15) is 16.7 Å². The molecule has 1 heterocycles. The zero-order valence-corrected chi connectivity index (χ0v) is 15.2. The van der Waals surface area contributed by atoms with Gasteiger partial charge in [0.25, 0.3) is 0 Å². The van der Waals surface area contributed by atoms with Gasteiger partial charge >= 0.3 is 5.97 Å². The molecule has 1 unspecified atom stereocenters. The fraction of sp³-hybridized carbons (Fsp3) is 0.412. The van der Waals surface area contributed by atoms with Crippen LogP contribution in [0.2, 0.25) is 0 Å². The van der Waals surface area contributed by atoms with Crippen molar-refractivity contribution in [1.29, 1.82) is 0 Å². The second kappa shape index (κ2) is 8.93. The SMILES string of the molecule is CCOC(=O)C(CC)c1ncc(SCc2ccc(OC)cc2)s1. The molecule has 0 N–H and O–H groups in total. The van der Waals surface area contributed by atoms with Gasteiger partial charge in [-0.1, -0.05) is 19.1 Å². The number of thiazole rings is 1. The minimum Gasteiger partial charge on any atom is -0.497 e. The van der Waals surface area contributed by atoms with Crippen molar-refractivity contribution < 1.29 is 14.3 Å². The predicted molar refractivity (Wildman–Crippen MR) is 94.3 cm³/mol. The molecule has 1 aromatic carbocycles. The molecule has 4 nitrogen and oxygen atoms in total. The van der Waals surface area contributed by atoms with Crippen LogP contribution in [0.25, 0.3) is 0 Å². The predicted octanol–water partition coefficient (Wildman–Crippen LogP) is 4.50. The van der Waals surface area contributed by atoms with Gasteiger partial charge in [0.15, 0.2) is 0 Å². The van der Waals surface area contributed by atoms with Crippen molar-refractivity contribution in [2.75, 3.05) is 13.7 Å². The van der Waals surface area contributed by atoms with Crippen LogP contribution in [0.3, 0.4) is 0 Å². The molecular weight excluding hydrogens is 330 g/mol. The van der Waals surface area contributed by atoms with Crippen molar-refractivity contribution in [1.82, 2.24) is 4.98 Å². The van der Waals surface area contributed by atoms with Crippen molar-refractivity contribution in [3.8, 4) is 5.75 Å². The topological polar surface area (TPSA) is 48.4 Å². The molecular formula is C17H21NO3S2. The van der Waals surface area contributed by atoms with E-state index in [0.717, 1.165) is 20.7 Å². The Balaban J connectivity index is 1.96. The van der Waals surface area contributed by atoms with E-state index < -0.39 is 0 Å². The van der Waals surface area contributed by atoms with E-state index in [2.05, 4.69) is 17.1 Å². The van der Waals surface area contributed by atoms with Crippen LogP contribution in [0.5, 0.6) is 5.75 Å². The molecule has 0 aliphatic rings. The number of methoxy groups -OCH3 is 1. The molecule has 0 bridgehead atoms. The molecule has 2 aromatic rings. The van der Waals surface area contributed by atoms with Crippen molar-refractivity contribution in [3.05, 3.63) is 41.0 Å². The van der Waals surface area contributed by atoms with Crippen LogP contribution < -0.4 is 4.74 Å². The molecule has 0 fully saturated rings. The fourth-order valence-electron chi connectivity index (χ4n) is 2.06. The normalized spacial score (nSPS) is 12.0. The largest absolute Gasteiger partial charge is 0.497 e. The molecule has 1 aromatic heterocycles. The van der Waals surface area contributed by atoms with Gasteiger partial charge < -0.3 is 9.47 Å². The lowest BCUT2D eigenvalue weighted by Gasteiger charge is -2.10. The summed E-state index contributed by atoms with van der Waals surface area (Å²) in [5.74, 6) is 1.28. The maximum Gasteiger partial charge on any atom is 0.315 e. The van der Waals surface area contributed by atoms with Crippen molar-refractivity contribution in [3.63, 3.8) is 0 Å². The van der Waals surface area contributed by atoms with Crippen LogP contribution in [-0.4, -0.2) is 24.7 Å². The lowest BCUT2D eigenvalue weighted by Crippen LogP contribution is -2.14. The summed E-state index contributed by atoms with van der Waals surface area (Å²) in [4.78, 5) is 16.4. The van der Waals surface area contributed by atoms with E-state index in [9.17, 15) is 4.79 Å². The monoisotopic (exact) mass is 351 g/mol. The highest BCUT2D eigenvalue weighted by atomic mass is 32.2. The van der Waals surface area contributed by atoms with Crippen LogP contribution in [-0.2, 0) is 15.3 Å². The van der Waals surface area contributed by atoms with Crippen LogP contribution in [0.4, 0.5) is 0 Å². The second-order valence-electron chi connectivity index (χ2n) is 4.87. The first kappa shape index (κ1) is 17.8. The quantitative estimate of drug-likeness (QED) is 0.518. The van der Waals surface area contributed by atoms with E-state index in [1.165, 1.54) is 5.56 Å². The van der Waals surface area contributed by atoms with E-state index in [0.29, 0.717) is 13.0 Å². The van der Waals surface area contributed by atoms with E-state index in [4.69, 9.17) is 9.47 Å². The Bertz CT molecular complexity index is 625. The summed E-state index contributed by atoms with van der Waals surface area (Å²) in [6, 6.07) is 8.03. The van der Waals surface area contributed by atoms with E-state index in [1.807, 2.05) is 32.2 Å². The van der Waals surface area contributed by atoms with Gasteiger partial charge in [0.2, 0.25) is 0 Å². The molecule has 124 valence electrons. The molecule has 2 rings (SSSR count). The average molecular weight is 351 g/mol. The van der Waals surface area contributed by atoms with Gasteiger partial charge in [-0.3, -0.25) is 4.79 Å². The summed E-state index contributed by atoms with van der Waals surface area (Å²) < 4.78 is 11.4. The number of thioether (sulfide) groups is 1. The maximum atomic E-state index is 11.9. The van der Waals surface area contributed by atoms with Gasteiger partial charge in [0.05, 0.1) is 24.1 Å². The summed E-state index contributed by atoms with van der Waals surface area (Å²) in [6.45, 7) is 4.20. The number of ether oxygens (including phenoxy) is 2. The van der Waals surface area contributed by atoms with Gasteiger partial charge in [-0.05, 0) is 31.0 Å². The molecule has 0 saturated heterocycles. The van der Waals surface area contributed by atoms with Gasteiger partial charge in [0, 0.05) is 5.75 Å². The smallest absolute Gasteiger partial charge is 0.315 e. The number of benzene rings is 1. The lowest BCUT2D eigenvalue weighted by molar-refractivity contribution is -0.145. The summed E-state index contributed by atoms with van der Waals surface area (Å²) >= 11 is 3.30. The highest BCUT2D eigenvalue weighted by Crippen LogP contribution is 2.33. The van der Waals surface area contributed by atoms with Gasteiger partial charge in [-0.15, -0.1) is 23.1 Å². The van der Waals surface area contributed by atoms with Gasteiger partial charge in [-0.25, -0.2) is 4.98 Å². The van der Waals surface area contributed by atoms with Crippen molar-refractivity contribution >= 4 is 29.1 Å². The van der Waals surface area contributed by atoms with Crippen LogP contribution >= 0.6 is 23.1 Å². The Morgan fingerprint density at radius 3 is 2.65 bits per heavy atom. The third-order valence-corrected chi connectivity index (χ3v) is 5.70. The molecule has 6 heteroatoms. The van der Waals surface area contributed by atoms with Crippen LogP contribution in [0, 0.1) is 0 Å². The number of aromatic nitrogens is 1. The number of carbonyl (C=O) groups is 1. The number of hydrogen-bond donors (Lipinski definition) is 0. The molecule has 0 spiro atoms. The minimum atomic E-state index is -0.254. The molecule has 0 aliphatic heterocycles. The summed E-state index contributed by atoms with van der Waals surface area (Å²) in [5, 5.41) is 0.836. The summed E-state index contributed by atoms with van der Waals surface area (Å²) in [5.41, 5.74) is 1.23. The standard InChI is InChI=1S/C17H21NO3S2/c1-4-14(17(19)21-5-2)16-18-10-15(23-16)22-11-12-6-8-13(20-3)9-7-12/h6-10,14H,4-5,11H2,1-3H3. The number of rotatable bonds is 8. The third-order valence-electron chi connectivity index (χ3n) is 3.32. The van der Waals surface area contributed by atoms with Crippen molar-refractivity contribution in [2.24, 2.45) is 0 Å². The first-order valence-corrected chi connectivity index (χ1v) is 9.36. The Morgan fingerprint density at radius 2 is 2.04 bits per heavy atom. The number of carbonyl (C=O) groups excluding carboxylic acids is 1. The molecule has 0 saturated carbocycles. The maximum absolute atomic E-state index is 11.9. The number of esters is 1. The molecule has 0 amide bonds. The zero-order chi connectivity index (χ0) is 16.7. The van der Waals surface area contributed by atoms with E-state index in [-0.39, 0.29) is 11.9 Å². The van der Waals surface area contributed by atoms with Crippen LogP contribution in [0.1, 0.15) is 36.8 Å². The van der Waals surface area contributed by atoms with E-state index >= 15 is 0 Å². The molecule has 23 heavy (non-hydrogen) atoms. The summed E-state index contributed by atoms with van der Waals surface area (Å²) in [6.07, 6.45) is 2.55. The van der Waals surface area contributed by atoms with E-state index in [1.54, 1.807) is 30.2 Å². The Hall–Kier alpha value is -1.53. The average Bonchev–Trinajstić information content (AvgIpc) is 3.03. The number of hydrogen-bond acceptors (Lipinski definition) is 6.